The Morgan fingerprint density at radius 3 is 2.52 bits per heavy atom. The van der Waals surface area contributed by atoms with Gasteiger partial charge < -0.3 is 14.7 Å². The first kappa shape index (κ1) is 19.6. The molecule has 0 aromatic heterocycles. The van der Waals surface area contributed by atoms with Gasteiger partial charge in [-0.2, -0.15) is 0 Å². The van der Waals surface area contributed by atoms with E-state index in [2.05, 4.69) is 11.9 Å². The van der Waals surface area contributed by atoms with Crippen LogP contribution in [-0.2, 0) is 20.7 Å². The van der Waals surface area contributed by atoms with E-state index in [1.54, 1.807) is 7.11 Å². The number of hydrogen-bond donors (Lipinski definition) is 1. The number of carboxylic acid groups (broad SMARTS) is 1. The summed E-state index contributed by atoms with van der Waals surface area (Å²) >= 11 is 0. The van der Waals surface area contributed by atoms with Crippen molar-refractivity contribution in [3.05, 3.63) is 35.9 Å². The van der Waals surface area contributed by atoms with E-state index in [1.165, 1.54) is 0 Å². The molecule has 1 N–H and O–H groups in total. The van der Waals surface area contributed by atoms with Crippen LogP contribution in [0.15, 0.2) is 30.3 Å². The zero-order valence-electron chi connectivity index (χ0n) is 15.4. The second-order valence-electron chi connectivity index (χ2n) is 7.07. The number of ether oxygens (including phenoxy) is 1. The molecule has 0 spiro atoms. The summed E-state index contributed by atoms with van der Waals surface area (Å²) in [6.45, 7) is 2.88. The normalized spacial score (nSPS) is 21.6. The van der Waals surface area contributed by atoms with Crippen molar-refractivity contribution < 1.29 is 19.4 Å². The SMILES string of the molecule is CO[C@H]([C@@H](C)C(=O)C[C@@H](Cc1ccccc1)C(=O)O)[C@@H]1CCCN1C. The lowest BCUT2D eigenvalue weighted by Gasteiger charge is -2.32. The molecule has 4 atom stereocenters. The summed E-state index contributed by atoms with van der Waals surface area (Å²) in [4.78, 5) is 26.6. The van der Waals surface area contributed by atoms with E-state index in [1.807, 2.05) is 37.3 Å². The molecule has 0 bridgehead atoms. The largest absolute Gasteiger partial charge is 0.481 e. The van der Waals surface area contributed by atoms with Gasteiger partial charge in [0.1, 0.15) is 5.78 Å². The quantitative estimate of drug-likeness (QED) is 0.744. The third-order valence-electron chi connectivity index (χ3n) is 5.35. The van der Waals surface area contributed by atoms with E-state index in [0.717, 1.165) is 24.9 Å². The summed E-state index contributed by atoms with van der Waals surface area (Å²) in [5.41, 5.74) is 0.939. The average molecular weight is 347 g/mol. The molecule has 1 saturated heterocycles. The van der Waals surface area contributed by atoms with E-state index < -0.39 is 11.9 Å². The third kappa shape index (κ3) is 5.13. The summed E-state index contributed by atoms with van der Waals surface area (Å²) in [5.74, 6) is -1.96. The molecular weight excluding hydrogens is 318 g/mol. The van der Waals surface area contributed by atoms with Gasteiger partial charge in [0, 0.05) is 25.5 Å². The highest BCUT2D eigenvalue weighted by atomic mass is 16.5. The fourth-order valence-electron chi connectivity index (χ4n) is 3.80. The number of aliphatic carboxylic acids is 1. The molecule has 0 saturated carbocycles. The number of nitrogens with zero attached hydrogens (tertiary/aromatic N) is 1. The Hall–Kier alpha value is -1.72. The number of likely N-dealkylation sites (tertiary alicyclic amines) is 1. The van der Waals surface area contributed by atoms with Crippen LogP contribution < -0.4 is 0 Å². The van der Waals surface area contributed by atoms with Crippen LogP contribution in [0.3, 0.4) is 0 Å². The molecule has 1 fully saturated rings. The predicted molar refractivity (Wildman–Crippen MR) is 96.5 cm³/mol. The Labute approximate surface area is 150 Å². The van der Waals surface area contributed by atoms with Crippen molar-refractivity contribution in [2.45, 2.75) is 44.8 Å². The van der Waals surface area contributed by atoms with Crippen LogP contribution in [-0.4, -0.2) is 54.6 Å². The Morgan fingerprint density at radius 2 is 2.00 bits per heavy atom. The standard InChI is InChI=1S/C20H29NO4/c1-14(19(25-3)17-10-7-11-21(17)2)18(22)13-16(20(23)24)12-15-8-5-4-6-9-15/h4-6,8-9,14,16-17,19H,7,10-13H2,1-3H3,(H,23,24)/t14-,16+,17-,19+/m0/s1. The topological polar surface area (TPSA) is 66.8 Å². The Kier molecular flexibility index (Phi) is 7.14. The van der Waals surface area contributed by atoms with Crippen LogP contribution in [0.5, 0.6) is 0 Å². The molecule has 5 heteroatoms. The lowest BCUT2D eigenvalue weighted by molar-refractivity contribution is -0.145. The number of Topliss-reactive ketones (excluding diaryl/α,β-unsaturated/α-hetero) is 1. The van der Waals surface area contributed by atoms with Gasteiger partial charge >= 0.3 is 5.97 Å². The van der Waals surface area contributed by atoms with Crippen molar-refractivity contribution in [2.75, 3.05) is 20.7 Å². The van der Waals surface area contributed by atoms with Gasteiger partial charge in [-0.1, -0.05) is 37.3 Å². The fraction of sp³-hybridized carbons (Fsp3) is 0.600. The molecule has 0 aliphatic carbocycles. The van der Waals surface area contributed by atoms with Gasteiger partial charge in [-0.15, -0.1) is 0 Å². The molecule has 1 aliphatic heterocycles. The summed E-state index contributed by atoms with van der Waals surface area (Å²) in [5, 5.41) is 9.52. The second-order valence-corrected chi connectivity index (χ2v) is 7.07. The lowest BCUT2D eigenvalue weighted by atomic mass is 9.86. The number of ketones is 1. The molecule has 1 aromatic carbocycles. The Morgan fingerprint density at radius 1 is 1.32 bits per heavy atom. The van der Waals surface area contributed by atoms with E-state index in [0.29, 0.717) is 6.42 Å². The number of rotatable bonds is 9. The highest BCUT2D eigenvalue weighted by Crippen LogP contribution is 2.27. The van der Waals surface area contributed by atoms with Crippen LogP contribution in [0, 0.1) is 11.8 Å². The van der Waals surface area contributed by atoms with Crippen molar-refractivity contribution in [3.8, 4) is 0 Å². The molecule has 1 aliphatic rings. The first-order valence-electron chi connectivity index (χ1n) is 8.96. The second kappa shape index (κ2) is 9.11. The average Bonchev–Trinajstić information content (AvgIpc) is 3.01. The minimum Gasteiger partial charge on any atom is -0.481 e. The highest BCUT2D eigenvalue weighted by Gasteiger charge is 2.37. The minimum atomic E-state index is -0.920. The van der Waals surface area contributed by atoms with Crippen molar-refractivity contribution >= 4 is 11.8 Å². The number of carbonyl (C=O) groups excluding carboxylic acids is 1. The molecule has 138 valence electrons. The molecule has 0 amide bonds. The van der Waals surface area contributed by atoms with Crippen molar-refractivity contribution in [1.82, 2.24) is 4.90 Å². The van der Waals surface area contributed by atoms with E-state index >= 15 is 0 Å². The van der Waals surface area contributed by atoms with Gasteiger partial charge in [0.25, 0.3) is 0 Å². The molecular formula is C20H29NO4. The first-order chi connectivity index (χ1) is 11.9. The lowest BCUT2D eigenvalue weighted by Crippen LogP contribution is -2.44. The summed E-state index contributed by atoms with van der Waals surface area (Å²) in [6, 6.07) is 9.69. The Bertz CT molecular complexity index is 574. The van der Waals surface area contributed by atoms with E-state index in [-0.39, 0.29) is 30.3 Å². The Balaban J connectivity index is 2.02. The maximum atomic E-state index is 12.7. The maximum absolute atomic E-state index is 12.7. The summed E-state index contributed by atoms with van der Waals surface area (Å²) in [7, 11) is 3.69. The monoisotopic (exact) mass is 347 g/mol. The maximum Gasteiger partial charge on any atom is 0.307 e. The molecule has 5 nitrogen and oxygen atoms in total. The molecule has 1 aromatic rings. The van der Waals surface area contributed by atoms with Crippen LogP contribution in [0.2, 0.25) is 0 Å². The summed E-state index contributed by atoms with van der Waals surface area (Å²) in [6.07, 6.45) is 2.34. The minimum absolute atomic E-state index is 0.0320. The van der Waals surface area contributed by atoms with Gasteiger partial charge in [0.15, 0.2) is 0 Å². The van der Waals surface area contributed by atoms with Crippen molar-refractivity contribution in [2.24, 2.45) is 11.8 Å². The van der Waals surface area contributed by atoms with Crippen molar-refractivity contribution in [3.63, 3.8) is 0 Å². The smallest absolute Gasteiger partial charge is 0.307 e. The molecule has 0 unspecified atom stereocenters. The van der Waals surface area contributed by atoms with Crippen LogP contribution >= 0.6 is 0 Å². The molecule has 0 radical (unpaired) electrons. The molecule has 25 heavy (non-hydrogen) atoms. The zero-order valence-corrected chi connectivity index (χ0v) is 15.4. The third-order valence-corrected chi connectivity index (χ3v) is 5.35. The van der Waals surface area contributed by atoms with Crippen molar-refractivity contribution in [1.29, 1.82) is 0 Å². The number of carbonyl (C=O) groups is 2. The van der Waals surface area contributed by atoms with E-state index in [9.17, 15) is 14.7 Å². The molecule has 1 heterocycles. The van der Waals surface area contributed by atoms with Gasteiger partial charge in [-0.05, 0) is 38.4 Å². The number of methoxy groups -OCH3 is 1. The number of likely N-dealkylation sites (N-methyl/N-ethyl adjacent to an activating group) is 1. The van der Waals surface area contributed by atoms with Crippen LogP contribution in [0.25, 0.3) is 0 Å². The predicted octanol–water partition coefficient (Wildman–Crippen LogP) is 2.63. The number of benzene rings is 1. The fourth-order valence-corrected chi connectivity index (χ4v) is 3.80. The number of carboxylic acids is 1. The van der Waals surface area contributed by atoms with Gasteiger partial charge in [0.05, 0.1) is 12.0 Å². The first-order valence-corrected chi connectivity index (χ1v) is 8.96. The van der Waals surface area contributed by atoms with E-state index in [4.69, 9.17) is 4.74 Å². The van der Waals surface area contributed by atoms with Gasteiger partial charge in [-0.25, -0.2) is 0 Å². The number of hydrogen-bond acceptors (Lipinski definition) is 4. The van der Waals surface area contributed by atoms with Gasteiger partial charge in [0.2, 0.25) is 0 Å². The zero-order chi connectivity index (χ0) is 18.4. The summed E-state index contributed by atoms with van der Waals surface area (Å²) < 4.78 is 5.64. The van der Waals surface area contributed by atoms with Gasteiger partial charge in [-0.3, -0.25) is 9.59 Å². The van der Waals surface area contributed by atoms with Crippen LogP contribution in [0.1, 0.15) is 31.7 Å². The highest BCUT2D eigenvalue weighted by molar-refractivity contribution is 5.86. The van der Waals surface area contributed by atoms with Crippen LogP contribution in [0.4, 0.5) is 0 Å². The molecule has 2 rings (SSSR count).